The lowest BCUT2D eigenvalue weighted by Crippen LogP contribution is -2.32. The summed E-state index contributed by atoms with van der Waals surface area (Å²) in [6, 6.07) is 2.13. The van der Waals surface area contributed by atoms with E-state index in [1.165, 1.54) is 0 Å². The summed E-state index contributed by atoms with van der Waals surface area (Å²) >= 11 is 5.82. The molecule has 0 aliphatic rings. The van der Waals surface area contributed by atoms with Crippen molar-refractivity contribution in [2.75, 3.05) is 17.2 Å². The van der Waals surface area contributed by atoms with Crippen molar-refractivity contribution in [1.29, 1.82) is 0 Å². The third-order valence-corrected chi connectivity index (χ3v) is 2.43. The van der Waals surface area contributed by atoms with Crippen molar-refractivity contribution in [3.63, 3.8) is 0 Å². The highest BCUT2D eigenvalue weighted by Crippen LogP contribution is 2.24. The van der Waals surface area contributed by atoms with E-state index in [0.29, 0.717) is 16.8 Å². The van der Waals surface area contributed by atoms with E-state index in [4.69, 9.17) is 17.3 Å². The molecule has 0 aliphatic heterocycles. The molecule has 0 fully saturated rings. The number of pyridine rings is 1. The van der Waals surface area contributed by atoms with Gasteiger partial charge in [-0.2, -0.15) is 0 Å². The van der Waals surface area contributed by atoms with Crippen LogP contribution in [0, 0.1) is 0 Å². The van der Waals surface area contributed by atoms with Crippen molar-refractivity contribution < 1.29 is 0 Å². The number of hydrogen-bond acceptors (Lipinski definition) is 3. The molecule has 0 saturated heterocycles. The van der Waals surface area contributed by atoms with Crippen LogP contribution < -0.4 is 10.6 Å². The van der Waals surface area contributed by atoms with Crippen molar-refractivity contribution in [2.45, 2.75) is 33.2 Å². The van der Waals surface area contributed by atoms with Crippen LogP contribution in [-0.2, 0) is 0 Å². The van der Waals surface area contributed by atoms with E-state index in [1.54, 1.807) is 12.3 Å². The second-order valence-electron chi connectivity index (χ2n) is 3.85. The molecule has 0 aromatic carbocycles. The molecule has 1 heterocycles. The SMILES string of the molecule is CCCN(c1ncc(Cl)cc1N)C(C)C. The fourth-order valence-corrected chi connectivity index (χ4v) is 1.70. The average molecular weight is 228 g/mol. The number of hydrogen-bond donors (Lipinski definition) is 1. The van der Waals surface area contributed by atoms with E-state index in [-0.39, 0.29) is 0 Å². The number of aromatic nitrogens is 1. The number of nitrogens with zero attached hydrogens (tertiary/aromatic N) is 2. The smallest absolute Gasteiger partial charge is 0.152 e. The first-order valence-electron chi connectivity index (χ1n) is 5.24. The van der Waals surface area contributed by atoms with E-state index in [1.807, 2.05) is 0 Å². The molecular formula is C11H18ClN3. The van der Waals surface area contributed by atoms with E-state index >= 15 is 0 Å². The normalized spacial score (nSPS) is 10.7. The van der Waals surface area contributed by atoms with Crippen molar-refractivity contribution in [3.8, 4) is 0 Å². The van der Waals surface area contributed by atoms with Gasteiger partial charge in [0.2, 0.25) is 0 Å². The summed E-state index contributed by atoms with van der Waals surface area (Å²) in [5, 5.41) is 0.580. The second-order valence-corrected chi connectivity index (χ2v) is 4.29. The van der Waals surface area contributed by atoms with Crippen LogP contribution >= 0.6 is 11.6 Å². The third kappa shape index (κ3) is 2.99. The van der Waals surface area contributed by atoms with E-state index < -0.39 is 0 Å². The van der Waals surface area contributed by atoms with Gasteiger partial charge in [-0.1, -0.05) is 18.5 Å². The summed E-state index contributed by atoms with van der Waals surface area (Å²) in [6.45, 7) is 7.36. The fraction of sp³-hybridized carbons (Fsp3) is 0.545. The molecule has 0 unspecified atom stereocenters. The fourth-order valence-electron chi connectivity index (χ4n) is 1.54. The van der Waals surface area contributed by atoms with Gasteiger partial charge < -0.3 is 10.6 Å². The zero-order valence-corrected chi connectivity index (χ0v) is 10.3. The van der Waals surface area contributed by atoms with Gasteiger partial charge in [0.15, 0.2) is 5.82 Å². The molecule has 0 aliphatic carbocycles. The van der Waals surface area contributed by atoms with Crippen molar-refractivity contribution in [1.82, 2.24) is 4.98 Å². The quantitative estimate of drug-likeness (QED) is 0.860. The Morgan fingerprint density at radius 3 is 2.67 bits per heavy atom. The second kappa shape index (κ2) is 5.21. The van der Waals surface area contributed by atoms with Gasteiger partial charge in [-0.3, -0.25) is 0 Å². The molecule has 1 aromatic heterocycles. The average Bonchev–Trinajstić information content (AvgIpc) is 2.15. The summed E-state index contributed by atoms with van der Waals surface area (Å²) in [6.07, 6.45) is 2.71. The Morgan fingerprint density at radius 2 is 2.20 bits per heavy atom. The van der Waals surface area contributed by atoms with Crippen molar-refractivity contribution in [3.05, 3.63) is 17.3 Å². The molecule has 1 aromatic rings. The lowest BCUT2D eigenvalue weighted by Gasteiger charge is -2.28. The lowest BCUT2D eigenvalue weighted by molar-refractivity contribution is 0.663. The molecular weight excluding hydrogens is 210 g/mol. The molecule has 0 spiro atoms. The largest absolute Gasteiger partial charge is 0.396 e. The predicted molar refractivity (Wildman–Crippen MR) is 66.4 cm³/mol. The number of halogens is 1. The topological polar surface area (TPSA) is 42.2 Å². The Hall–Kier alpha value is -0.960. The van der Waals surface area contributed by atoms with E-state index in [9.17, 15) is 0 Å². The summed E-state index contributed by atoms with van der Waals surface area (Å²) < 4.78 is 0. The standard InChI is InChI=1S/C11H18ClN3/c1-4-5-15(8(2)3)11-10(13)6-9(12)7-14-11/h6-8H,4-5,13H2,1-3H3. The van der Waals surface area contributed by atoms with Gasteiger partial charge in [-0.15, -0.1) is 0 Å². The molecule has 3 nitrogen and oxygen atoms in total. The Kier molecular flexibility index (Phi) is 4.21. The maximum atomic E-state index is 5.90. The monoisotopic (exact) mass is 227 g/mol. The maximum absolute atomic E-state index is 5.90. The van der Waals surface area contributed by atoms with Crippen LogP contribution in [0.3, 0.4) is 0 Å². The van der Waals surface area contributed by atoms with Gasteiger partial charge in [-0.25, -0.2) is 4.98 Å². The molecule has 4 heteroatoms. The van der Waals surface area contributed by atoms with Crippen LogP contribution in [0.4, 0.5) is 11.5 Å². The number of rotatable bonds is 4. The van der Waals surface area contributed by atoms with Gasteiger partial charge in [0.25, 0.3) is 0 Å². The number of nitrogen functional groups attached to an aromatic ring is 1. The first-order chi connectivity index (χ1) is 7.06. The molecule has 0 amide bonds. The zero-order valence-electron chi connectivity index (χ0n) is 9.50. The highest BCUT2D eigenvalue weighted by Gasteiger charge is 2.13. The maximum Gasteiger partial charge on any atom is 0.152 e. The first-order valence-corrected chi connectivity index (χ1v) is 5.61. The van der Waals surface area contributed by atoms with Gasteiger partial charge in [0, 0.05) is 18.8 Å². The van der Waals surface area contributed by atoms with Gasteiger partial charge in [0.05, 0.1) is 10.7 Å². The minimum absolute atomic E-state index is 0.390. The van der Waals surface area contributed by atoms with E-state index in [2.05, 4.69) is 30.7 Å². The molecule has 2 N–H and O–H groups in total. The Balaban J connectivity index is 3.00. The third-order valence-electron chi connectivity index (χ3n) is 2.22. The Bertz CT molecular complexity index is 326. The minimum Gasteiger partial charge on any atom is -0.396 e. The lowest BCUT2D eigenvalue weighted by atomic mass is 10.2. The number of anilines is 2. The molecule has 1 rings (SSSR count). The summed E-state index contributed by atoms with van der Waals surface area (Å²) in [5.41, 5.74) is 6.54. The zero-order chi connectivity index (χ0) is 11.4. The molecule has 0 bridgehead atoms. The summed E-state index contributed by atoms with van der Waals surface area (Å²) in [4.78, 5) is 6.47. The van der Waals surface area contributed by atoms with E-state index in [0.717, 1.165) is 18.8 Å². The Labute approximate surface area is 96.2 Å². The van der Waals surface area contributed by atoms with Crippen molar-refractivity contribution >= 4 is 23.1 Å². The molecule has 0 saturated carbocycles. The highest BCUT2D eigenvalue weighted by atomic mass is 35.5. The highest BCUT2D eigenvalue weighted by molar-refractivity contribution is 6.30. The molecule has 0 radical (unpaired) electrons. The van der Waals surface area contributed by atoms with Crippen LogP contribution in [0.2, 0.25) is 5.02 Å². The minimum atomic E-state index is 0.390. The first kappa shape index (κ1) is 12.1. The van der Waals surface area contributed by atoms with Gasteiger partial charge in [0.1, 0.15) is 0 Å². The van der Waals surface area contributed by atoms with Crippen LogP contribution in [0.15, 0.2) is 12.3 Å². The summed E-state index contributed by atoms with van der Waals surface area (Å²) in [5.74, 6) is 0.830. The Morgan fingerprint density at radius 1 is 1.53 bits per heavy atom. The molecule has 84 valence electrons. The summed E-state index contributed by atoms with van der Waals surface area (Å²) in [7, 11) is 0. The number of nitrogens with two attached hydrogens (primary N) is 1. The van der Waals surface area contributed by atoms with Gasteiger partial charge in [-0.05, 0) is 26.3 Å². The van der Waals surface area contributed by atoms with Crippen molar-refractivity contribution in [2.24, 2.45) is 0 Å². The van der Waals surface area contributed by atoms with Crippen LogP contribution in [0.1, 0.15) is 27.2 Å². The molecule has 0 atom stereocenters. The predicted octanol–water partition coefficient (Wildman–Crippen LogP) is 2.94. The van der Waals surface area contributed by atoms with Crippen LogP contribution in [-0.4, -0.2) is 17.6 Å². The van der Waals surface area contributed by atoms with Crippen LogP contribution in [0.25, 0.3) is 0 Å². The van der Waals surface area contributed by atoms with Gasteiger partial charge >= 0.3 is 0 Å². The molecule has 15 heavy (non-hydrogen) atoms. The van der Waals surface area contributed by atoms with Crippen LogP contribution in [0.5, 0.6) is 0 Å².